The minimum atomic E-state index is -0.0598. The van der Waals surface area contributed by atoms with Crippen LogP contribution in [0.2, 0.25) is 0 Å². The highest BCUT2D eigenvalue weighted by Gasteiger charge is 2.32. The first-order valence-corrected chi connectivity index (χ1v) is 11.1. The molecule has 3 aromatic rings. The lowest BCUT2D eigenvalue weighted by molar-refractivity contribution is 0.0685. The summed E-state index contributed by atoms with van der Waals surface area (Å²) >= 11 is 0. The van der Waals surface area contributed by atoms with E-state index in [0.717, 1.165) is 47.8 Å². The van der Waals surface area contributed by atoms with Crippen LogP contribution in [0.25, 0.3) is 22.1 Å². The summed E-state index contributed by atoms with van der Waals surface area (Å²) in [5.74, 6) is 0.885. The summed E-state index contributed by atoms with van der Waals surface area (Å²) in [5, 5.41) is 19.2. The van der Waals surface area contributed by atoms with Crippen molar-refractivity contribution >= 4 is 28.0 Å². The van der Waals surface area contributed by atoms with E-state index in [9.17, 15) is 10.1 Å². The lowest BCUT2D eigenvalue weighted by atomic mass is 9.84. The molecule has 8 nitrogen and oxygen atoms in total. The van der Waals surface area contributed by atoms with Gasteiger partial charge in [0, 0.05) is 43.1 Å². The molecule has 31 heavy (non-hydrogen) atoms. The number of amides is 1. The first-order chi connectivity index (χ1) is 15.2. The summed E-state index contributed by atoms with van der Waals surface area (Å²) in [4.78, 5) is 27.8. The number of nitriles is 2. The number of rotatable bonds is 3. The molecule has 5 rings (SSSR count). The number of pyridine rings is 1. The smallest absolute Gasteiger partial charge is 0.289 e. The van der Waals surface area contributed by atoms with Crippen LogP contribution in [0.5, 0.6) is 0 Å². The average Bonchev–Trinajstić information content (AvgIpc) is 3.44. The summed E-state index contributed by atoms with van der Waals surface area (Å²) in [6, 6.07) is 6.80. The van der Waals surface area contributed by atoms with Gasteiger partial charge in [0.25, 0.3) is 5.91 Å². The maximum Gasteiger partial charge on any atom is 0.289 e. The number of imidazole rings is 1. The van der Waals surface area contributed by atoms with E-state index in [2.05, 4.69) is 26.7 Å². The van der Waals surface area contributed by atoms with Crippen molar-refractivity contribution in [2.45, 2.75) is 51.0 Å². The highest BCUT2D eigenvalue weighted by atomic mass is 16.2. The van der Waals surface area contributed by atoms with Crippen LogP contribution in [0.3, 0.4) is 0 Å². The van der Waals surface area contributed by atoms with Gasteiger partial charge in [0.2, 0.25) is 5.82 Å². The largest absolute Gasteiger partial charge is 0.346 e. The van der Waals surface area contributed by atoms with Crippen LogP contribution in [0.15, 0.2) is 18.5 Å². The van der Waals surface area contributed by atoms with Gasteiger partial charge in [0.15, 0.2) is 0 Å². The number of fused-ring (bicyclic) bond motifs is 3. The van der Waals surface area contributed by atoms with E-state index in [-0.39, 0.29) is 17.9 Å². The molecule has 158 valence electrons. The lowest BCUT2D eigenvalue weighted by Crippen LogP contribution is -2.40. The number of carbonyl (C=O) groups excluding carboxylic acids is 1. The predicted octanol–water partition coefficient (Wildman–Crippen LogP) is 3.93. The Hall–Kier alpha value is -3.39. The van der Waals surface area contributed by atoms with E-state index in [1.54, 1.807) is 6.20 Å². The second-order valence-electron chi connectivity index (χ2n) is 8.77. The summed E-state index contributed by atoms with van der Waals surface area (Å²) in [5.41, 5.74) is 2.49. The number of likely N-dealkylation sites (tertiary alicyclic amines) is 1. The van der Waals surface area contributed by atoms with Gasteiger partial charge in [-0.2, -0.15) is 10.5 Å². The Morgan fingerprint density at radius 2 is 1.94 bits per heavy atom. The first kappa shape index (κ1) is 19.6. The van der Waals surface area contributed by atoms with Gasteiger partial charge in [0.05, 0.1) is 23.9 Å². The second kappa shape index (κ2) is 8.03. The minimum Gasteiger partial charge on any atom is -0.346 e. The maximum absolute atomic E-state index is 13.6. The van der Waals surface area contributed by atoms with Gasteiger partial charge in [-0.3, -0.25) is 4.79 Å². The summed E-state index contributed by atoms with van der Waals surface area (Å²) in [6.45, 7) is 1.18. The zero-order valence-electron chi connectivity index (χ0n) is 17.4. The predicted molar refractivity (Wildman–Crippen MR) is 115 cm³/mol. The molecule has 1 amide bonds. The number of hydrogen-bond donors (Lipinski definition) is 1. The molecule has 1 N–H and O–H groups in total. The highest BCUT2D eigenvalue weighted by Crippen LogP contribution is 2.38. The molecular formula is C23H25N7O. The fourth-order valence-corrected chi connectivity index (χ4v) is 5.19. The van der Waals surface area contributed by atoms with E-state index in [0.29, 0.717) is 44.1 Å². The molecular weight excluding hydrogens is 390 g/mol. The van der Waals surface area contributed by atoms with Crippen molar-refractivity contribution in [3.8, 4) is 12.1 Å². The zero-order valence-corrected chi connectivity index (χ0v) is 17.4. The molecule has 8 heteroatoms. The number of aromatic nitrogens is 4. The van der Waals surface area contributed by atoms with E-state index in [4.69, 9.17) is 10.2 Å². The fraction of sp³-hybridized carbons (Fsp3) is 0.522. The monoisotopic (exact) mass is 415 g/mol. The van der Waals surface area contributed by atoms with Gasteiger partial charge in [-0.15, -0.1) is 0 Å². The third kappa shape index (κ3) is 3.42. The van der Waals surface area contributed by atoms with Crippen LogP contribution in [0, 0.1) is 34.5 Å². The van der Waals surface area contributed by atoms with Crippen LogP contribution < -0.4 is 0 Å². The molecule has 1 aliphatic heterocycles. The van der Waals surface area contributed by atoms with Gasteiger partial charge >= 0.3 is 0 Å². The zero-order chi connectivity index (χ0) is 21.4. The van der Waals surface area contributed by atoms with Crippen molar-refractivity contribution in [3.05, 3.63) is 24.3 Å². The van der Waals surface area contributed by atoms with Crippen LogP contribution in [-0.4, -0.2) is 43.4 Å². The molecule has 2 aliphatic rings. The molecule has 4 heterocycles. The Balaban J connectivity index is 1.55. The van der Waals surface area contributed by atoms with Crippen molar-refractivity contribution in [2.75, 3.05) is 13.1 Å². The Bertz CT molecular complexity index is 1190. The first-order valence-electron chi connectivity index (χ1n) is 11.1. The van der Waals surface area contributed by atoms with Gasteiger partial charge in [0.1, 0.15) is 11.2 Å². The molecule has 3 aromatic heterocycles. The third-order valence-electron chi connectivity index (χ3n) is 6.95. The third-order valence-corrected chi connectivity index (χ3v) is 6.95. The summed E-state index contributed by atoms with van der Waals surface area (Å²) in [6.07, 6.45) is 9.48. The van der Waals surface area contributed by atoms with Crippen molar-refractivity contribution in [1.29, 1.82) is 10.5 Å². The van der Waals surface area contributed by atoms with Gasteiger partial charge in [-0.1, -0.05) is 0 Å². The molecule has 1 aliphatic carbocycles. The lowest BCUT2D eigenvalue weighted by Gasteiger charge is -2.32. The highest BCUT2D eigenvalue weighted by molar-refractivity contribution is 6.04. The molecule has 1 saturated carbocycles. The standard InChI is InChI=1S/C23H25N7O/c24-9-5-15-1-3-17(4-2-15)30-20-18-6-10-26-21(18)27-14-19(20)28-22(30)23(31)29-11-7-16(13-25)8-12-29/h6,10,14-17H,1-5,7-8,11-12H2,(H,26,27)/t15-,17-. The second-order valence-corrected chi connectivity index (χ2v) is 8.77. The summed E-state index contributed by atoms with van der Waals surface area (Å²) < 4.78 is 2.15. The number of piperidine rings is 1. The van der Waals surface area contributed by atoms with Crippen LogP contribution in [-0.2, 0) is 0 Å². The van der Waals surface area contributed by atoms with Crippen molar-refractivity contribution < 1.29 is 4.79 Å². The Labute approximate surface area is 180 Å². The molecule has 0 radical (unpaired) electrons. The Morgan fingerprint density at radius 1 is 1.16 bits per heavy atom. The van der Waals surface area contributed by atoms with Crippen molar-refractivity contribution in [3.63, 3.8) is 0 Å². The van der Waals surface area contributed by atoms with Gasteiger partial charge in [-0.05, 0) is 50.5 Å². The van der Waals surface area contributed by atoms with Crippen LogP contribution in [0.1, 0.15) is 61.6 Å². The number of nitrogens with zero attached hydrogens (tertiary/aromatic N) is 6. The van der Waals surface area contributed by atoms with E-state index in [1.165, 1.54) is 0 Å². The maximum atomic E-state index is 13.6. The number of hydrogen-bond acceptors (Lipinski definition) is 5. The topological polar surface area (TPSA) is 114 Å². The molecule has 0 atom stereocenters. The Kier molecular flexibility index (Phi) is 5.07. The normalized spacial score (nSPS) is 22.5. The van der Waals surface area contributed by atoms with Crippen molar-refractivity contribution in [1.82, 2.24) is 24.4 Å². The van der Waals surface area contributed by atoms with Gasteiger partial charge in [-0.25, -0.2) is 9.97 Å². The quantitative estimate of drug-likeness (QED) is 0.696. The van der Waals surface area contributed by atoms with E-state index >= 15 is 0 Å². The fourth-order valence-electron chi connectivity index (χ4n) is 5.19. The van der Waals surface area contributed by atoms with E-state index in [1.807, 2.05) is 17.2 Å². The number of aromatic amines is 1. The molecule has 0 aromatic carbocycles. The minimum absolute atomic E-state index is 0.0296. The Morgan fingerprint density at radius 3 is 2.65 bits per heavy atom. The number of nitrogens with one attached hydrogen (secondary N) is 1. The average molecular weight is 416 g/mol. The van der Waals surface area contributed by atoms with Gasteiger partial charge < -0.3 is 14.5 Å². The summed E-state index contributed by atoms with van der Waals surface area (Å²) in [7, 11) is 0. The molecule has 0 unspecified atom stereocenters. The molecule has 0 spiro atoms. The number of carbonyl (C=O) groups is 1. The molecule has 1 saturated heterocycles. The van der Waals surface area contributed by atoms with Crippen LogP contribution >= 0.6 is 0 Å². The SMILES string of the molecule is N#CC[C@H]1CC[C@H](n2c(C(=O)N3CCC(C#N)CC3)nc3cnc4[nH]ccc4c32)CC1. The molecule has 2 fully saturated rings. The van der Waals surface area contributed by atoms with E-state index < -0.39 is 0 Å². The van der Waals surface area contributed by atoms with Crippen LogP contribution in [0.4, 0.5) is 0 Å². The molecule has 0 bridgehead atoms. The van der Waals surface area contributed by atoms with Crippen molar-refractivity contribution in [2.24, 2.45) is 11.8 Å². The number of H-pyrrole nitrogens is 1.